The van der Waals surface area contributed by atoms with Crippen molar-refractivity contribution >= 4 is 23.3 Å². The summed E-state index contributed by atoms with van der Waals surface area (Å²) in [5, 5.41) is 10.4. The molecule has 4 rings (SSSR count). The smallest absolute Gasteiger partial charge is 0.475 e. The fraction of sp³-hybridized carbons (Fsp3) is 0.706. The fourth-order valence-corrected chi connectivity index (χ4v) is 4.51. The summed E-state index contributed by atoms with van der Waals surface area (Å²) in [6, 6.07) is 0.212. The molecule has 0 unspecified atom stereocenters. The van der Waals surface area contributed by atoms with Crippen LogP contribution in [0.3, 0.4) is 0 Å². The van der Waals surface area contributed by atoms with Crippen LogP contribution >= 0.6 is 11.3 Å². The molecule has 3 aliphatic rings. The van der Waals surface area contributed by atoms with Gasteiger partial charge in [0.05, 0.1) is 19.8 Å². The molecule has 0 spiro atoms. The van der Waals surface area contributed by atoms with Crippen LogP contribution in [-0.2, 0) is 16.1 Å². The SMILES string of the molecule is O=C(N1CCOCC1)N1C[C@H]2CN(Cc3nccs3)C[C@H]2C1.O=C(O)C(F)(F)F. The molecule has 1 aromatic heterocycles. The van der Waals surface area contributed by atoms with E-state index in [-0.39, 0.29) is 6.03 Å². The number of urea groups is 1. The Morgan fingerprint density at radius 2 is 1.72 bits per heavy atom. The summed E-state index contributed by atoms with van der Waals surface area (Å²) in [5.41, 5.74) is 0. The number of thiazole rings is 1. The Morgan fingerprint density at radius 1 is 1.14 bits per heavy atom. The average Bonchev–Trinajstić information content (AvgIpc) is 3.38. The number of hydrogen-bond donors (Lipinski definition) is 1. The summed E-state index contributed by atoms with van der Waals surface area (Å²) < 4.78 is 37.1. The second-order valence-electron chi connectivity index (χ2n) is 7.23. The monoisotopic (exact) mass is 436 g/mol. The van der Waals surface area contributed by atoms with E-state index < -0.39 is 12.1 Å². The van der Waals surface area contributed by atoms with Crippen LogP contribution in [0.1, 0.15) is 5.01 Å². The third-order valence-corrected chi connectivity index (χ3v) is 5.96. The Hall–Kier alpha value is -1.92. The summed E-state index contributed by atoms with van der Waals surface area (Å²) in [6.45, 7) is 7.80. The number of carboxylic acid groups (broad SMARTS) is 1. The largest absolute Gasteiger partial charge is 0.490 e. The first kappa shape index (κ1) is 21.8. The van der Waals surface area contributed by atoms with Gasteiger partial charge >= 0.3 is 18.2 Å². The number of rotatable bonds is 2. The van der Waals surface area contributed by atoms with Crippen LogP contribution in [-0.4, -0.2) is 95.4 Å². The van der Waals surface area contributed by atoms with Gasteiger partial charge in [0.25, 0.3) is 0 Å². The molecule has 3 aliphatic heterocycles. The van der Waals surface area contributed by atoms with E-state index in [4.69, 9.17) is 14.6 Å². The maximum absolute atomic E-state index is 12.5. The Morgan fingerprint density at radius 3 is 2.21 bits per heavy atom. The van der Waals surface area contributed by atoms with Gasteiger partial charge in [0.1, 0.15) is 5.01 Å². The van der Waals surface area contributed by atoms with Crippen molar-refractivity contribution in [3.63, 3.8) is 0 Å². The first-order valence-corrected chi connectivity index (χ1v) is 10.1. The predicted molar refractivity (Wildman–Crippen MR) is 97.4 cm³/mol. The van der Waals surface area contributed by atoms with Crippen LogP contribution in [0.25, 0.3) is 0 Å². The van der Waals surface area contributed by atoms with Crippen LogP contribution in [0, 0.1) is 11.8 Å². The minimum Gasteiger partial charge on any atom is -0.475 e. The summed E-state index contributed by atoms with van der Waals surface area (Å²) >= 11 is 1.73. The number of aromatic nitrogens is 1. The summed E-state index contributed by atoms with van der Waals surface area (Å²) in [5.74, 6) is -1.50. The van der Waals surface area contributed by atoms with Crippen molar-refractivity contribution in [2.45, 2.75) is 12.7 Å². The maximum atomic E-state index is 12.5. The lowest BCUT2D eigenvalue weighted by Crippen LogP contribution is -2.48. The van der Waals surface area contributed by atoms with Crippen molar-refractivity contribution in [3.8, 4) is 0 Å². The molecule has 0 bridgehead atoms. The highest BCUT2D eigenvalue weighted by Gasteiger charge is 2.42. The summed E-state index contributed by atoms with van der Waals surface area (Å²) in [4.78, 5) is 32.3. The van der Waals surface area contributed by atoms with Gasteiger partial charge in [-0.05, 0) is 11.8 Å². The van der Waals surface area contributed by atoms with Gasteiger partial charge in [0.15, 0.2) is 0 Å². The van der Waals surface area contributed by atoms with Gasteiger partial charge in [-0.1, -0.05) is 0 Å². The molecule has 29 heavy (non-hydrogen) atoms. The topological polar surface area (TPSA) is 86.2 Å². The van der Waals surface area contributed by atoms with Crippen molar-refractivity contribution in [2.75, 3.05) is 52.5 Å². The van der Waals surface area contributed by atoms with Crippen molar-refractivity contribution in [3.05, 3.63) is 16.6 Å². The second kappa shape index (κ2) is 9.26. The molecule has 0 radical (unpaired) electrons. The van der Waals surface area contributed by atoms with Crippen molar-refractivity contribution < 1.29 is 32.6 Å². The number of amides is 2. The standard InChI is InChI=1S/C15H22N4O2S.C2HF3O2/c20-15(18-2-4-21-5-3-18)19-9-12-7-17(8-13(12)10-19)11-14-16-1-6-22-14;3-2(4,5)1(6)7/h1,6,12-13H,2-5,7-11H2;(H,6,7)/t12-,13+;. The Bertz CT molecular complexity index is 683. The number of morpholine rings is 1. The zero-order valence-corrected chi connectivity index (χ0v) is 16.5. The predicted octanol–water partition coefficient (Wildman–Crippen LogP) is 1.59. The zero-order valence-electron chi connectivity index (χ0n) is 15.7. The number of hydrogen-bond acceptors (Lipinski definition) is 6. The number of carboxylic acids is 1. The molecule has 2 amide bonds. The molecule has 0 aliphatic carbocycles. The van der Waals surface area contributed by atoms with Crippen LogP contribution in [0.4, 0.5) is 18.0 Å². The average molecular weight is 436 g/mol. The number of likely N-dealkylation sites (tertiary alicyclic amines) is 2. The molecule has 12 heteroatoms. The van der Waals surface area contributed by atoms with Crippen molar-refractivity contribution in [1.29, 1.82) is 0 Å². The highest BCUT2D eigenvalue weighted by atomic mass is 32.1. The third kappa shape index (κ3) is 5.80. The lowest BCUT2D eigenvalue weighted by atomic mass is 10.0. The molecule has 2 atom stereocenters. The van der Waals surface area contributed by atoms with Crippen LogP contribution in [0.2, 0.25) is 0 Å². The van der Waals surface area contributed by atoms with Crippen LogP contribution in [0.15, 0.2) is 11.6 Å². The summed E-state index contributed by atoms with van der Waals surface area (Å²) in [7, 11) is 0. The Balaban J connectivity index is 0.000000298. The Labute approximate surface area is 169 Å². The van der Waals surface area contributed by atoms with Crippen molar-refractivity contribution in [1.82, 2.24) is 19.7 Å². The Kier molecular flexibility index (Phi) is 6.96. The van der Waals surface area contributed by atoms with Gasteiger partial charge in [-0.15, -0.1) is 11.3 Å². The van der Waals surface area contributed by atoms with E-state index >= 15 is 0 Å². The number of aliphatic carboxylic acids is 1. The quantitative estimate of drug-likeness (QED) is 0.758. The fourth-order valence-electron chi connectivity index (χ4n) is 3.85. The van der Waals surface area contributed by atoms with Gasteiger partial charge in [-0.3, -0.25) is 4.90 Å². The summed E-state index contributed by atoms with van der Waals surface area (Å²) in [6.07, 6.45) is -3.21. The molecule has 0 aromatic carbocycles. The molecule has 1 aromatic rings. The van der Waals surface area contributed by atoms with E-state index in [2.05, 4.69) is 14.8 Å². The van der Waals surface area contributed by atoms with Crippen LogP contribution < -0.4 is 0 Å². The molecule has 3 fully saturated rings. The highest BCUT2D eigenvalue weighted by Crippen LogP contribution is 2.32. The van der Waals surface area contributed by atoms with Gasteiger partial charge < -0.3 is 19.6 Å². The highest BCUT2D eigenvalue weighted by molar-refractivity contribution is 7.09. The van der Waals surface area contributed by atoms with Gasteiger partial charge in [0.2, 0.25) is 0 Å². The molecule has 8 nitrogen and oxygen atoms in total. The number of nitrogens with zero attached hydrogens (tertiary/aromatic N) is 4. The van der Waals surface area contributed by atoms with Gasteiger partial charge in [0, 0.05) is 50.8 Å². The first-order chi connectivity index (χ1) is 13.7. The maximum Gasteiger partial charge on any atom is 0.490 e. The molecule has 162 valence electrons. The lowest BCUT2D eigenvalue weighted by molar-refractivity contribution is -0.192. The van der Waals surface area contributed by atoms with Gasteiger partial charge in [-0.2, -0.15) is 13.2 Å². The van der Waals surface area contributed by atoms with Crippen LogP contribution in [0.5, 0.6) is 0 Å². The number of ether oxygens (including phenoxy) is 1. The molecular weight excluding hydrogens is 413 g/mol. The van der Waals surface area contributed by atoms with E-state index in [0.29, 0.717) is 25.0 Å². The number of halogens is 3. The van der Waals surface area contributed by atoms with Crippen molar-refractivity contribution in [2.24, 2.45) is 11.8 Å². The lowest BCUT2D eigenvalue weighted by Gasteiger charge is -2.31. The number of carbonyl (C=O) groups is 2. The van der Waals surface area contributed by atoms with E-state index in [1.54, 1.807) is 11.3 Å². The molecular formula is C17H23F3N4O4S. The molecule has 3 saturated heterocycles. The van der Waals surface area contributed by atoms with E-state index in [1.165, 1.54) is 5.01 Å². The molecule has 4 heterocycles. The minimum absolute atomic E-state index is 0.212. The molecule has 0 saturated carbocycles. The van der Waals surface area contributed by atoms with E-state index in [1.807, 2.05) is 16.5 Å². The normalized spacial score (nSPS) is 24.8. The van der Waals surface area contributed by atoms with Gasteiger partial charge in [-0.25, -0.2) is 14.6 Å². The third-order valence-electron chi connectivity index (χ3n) is 5.20. The number of fused-ring (bicyclic) bond motifs is 1. The number of carbonyl (C=O) groups excluding carboxylic acids is 1. The van der Waals surface area contributed by atoms with E-state index in [0.717, 1.165) is 45.8 Å². The minimum atomic E-state index is -5.08. The zero-order chi connectivity index (χ0) is 21.0. The first-order valence-electron chi connectivity index (χ1n) is 9.26. The van der Waals surface area contributed by atoms with E-state index in [9.17, 15) is 18.0 Å². The molecule has 1 N–H and O–H groups in total. The second-order valence-corrected chi connectivity index (χ2v) is 8.21. The number of alkyl halides is 3.